The van der Waals surface area contributed by atoms with Gasteiger partial charge in [-0.3, -0.25) is 4.79 Å². The first-order chi connectivity index (χ1) is 9.84. The maximum Gasteiger partial charge on any atom is 0.253 e. The first-order valence-corrected chi connectivity index (χ1v) is 7.08. The minimum absolute atomic E-state index is 0.132. The van der Waals surface area contributed by atoms with Crippen molar-refractivity contribution in [3.8, 4) is 5.69 Å². The summed E-state index contributed by atoms with van der Waals surface area (Å²) >= 11 is 0. The highest BCUT2D eigenvalue weighted by Crippen LogP contribution is 2.12. The molecule has 1 saturated heterocycles. The van der Waals surface area contributed by atoms with Crippen LogP contribution in [0.2, 0.25) is 0 Å². The molecule has 4 heteroatoms. The SMILES string of the molecule is O=C(c1ccc(-n2cccc2)cc1)N1CCCNCC1. The first kappa shape index (κ1) is 12.9. The van der Waals surface area contributed by atoms with Gasteiger partial charge >= 0.3 is 0 Å². The van der Waals surface area contributed by atoms with Crippen molar-refractivity contribution in [2.75, 3.05) is 26.2 Å². The van der Waals surface area contributed by atoms with E-state index < -0.39 is 0 Å². The largest absolute Gasteiger partial charge is 0.337 e. The summed E-state index contributed by atoms with van der Waals surface area (Å²) < 4.78 is 2.03. The molecule has 0 unspecified atom stereocenters. The van der Waals surface area contributed by atoms with Crippen LogP contribution in [0.1, 0.15) is 16.8 Å². The fraction of sp³-hybridized carbons (Fsp3) is 0.312. The lowest BCUT2D eigenvalue weighted by Crippen LogP contribution is -2.34. The summed E-state index contributed by atoms with van der Waals surface area (Å²) in [5, 5.41) is 3.31. The number of nitrogens with one attached hydrogen (secondary N) is 1. The third kappa shape index (κ3) is 2.75. The molecule has 1 fully saturated rings. The lowest BCUT2D eigenvalue weighted by Gasteiger charge is -2.20. The Bertz CT molecular complexity index is 552. The molecule has 1 aliphatic heterocycles. The smallest absolute Gasteiger partial charge is 0.253 e. The van der Waals surface area contributed by atoms with Gasteiger partial charge in [-0.1, -0.05) is 0 Å². The molecule has 1 amide bonds. The molecule has 3 rings (SSSR count). The summed E-state index contributed by atoms with van der Waals surface area (Å²) in [6.07, 6.45) is 5.02. The topological polar surface area (TPSA) is 37.3 Å². The minimum atomic E-state index is 0.132. The Morgan fingerprint density at radius 3 is 2.50 bits per heavy atom. The summed E-state index contributed by atoms with van der Waals surface area (Å²) in [4.78, 5) is 14.4. The van der Waals surface area contributed by atoms with E-state index >= 15 is 0 Å². The average Bonchev–Trinajstić information content (AvgIpc) is 2.89. The molecule has 104 valence electrons. The van der Waals surface area contributed by atoms with Crippen molar-refractivity contribution in [3.05, 3.63) is 54.4 Å². The predicted molar refractivity (Wildman–Crippen MR) is 79.2 cm³/mol. The fourth-order valence-corrected chi connectivity index (χ4v) is 2.51. The van der Waals surface area contributed by atoms with Gasteiger partial charge in [-0.05, 0) is 49.4 Å². The van der Waals surface area contributed by atoms with Crippen LogP contribution in [0.3, 0.4) is 0 Å². The van der Waals surface area contributed by atoms with E-state index in [-0.39, 0.29) is 5.91 Å². The van der Waals surface area contributed by atoms with Gasteiger partial charge in [0.05, 0.1) is 0 Å². The number of amides is 1. The molecule has 0 bridgehead atoms. The second-order valence-electron chi connectivity index (χ2n) is 5.03. The van der Waals surface area contributed by atoms with Crippen LogP contribution in [0.15, 0.2) is 48.8 Å². The average molecular weight is 269 g/mol. The summed E-state index contributed by atoms with van der Waals surface area (Å²) in [6, 6.07) is 11.8. The van der Waals surface area contributed by atoms with E-state index in [9.17, 15) is 4.79 Å². The maximum absolute atomic E-state index is 12.4. The Balaban J connectivity index is 1.75. The summed E-state index contributed by atoms with van der Waals surface area (Å²) in [5.74, 6) is 0.132. The summed E-state index contributed by atoms with van der Waals surface area (Å²) in [7, 11) is 0. The lowest BCUT2D eigenvalue weighted by atomic mass is 10.1. The molecular formula is C16H19N3O. The van der Waals surface area contributed by atoms with Gasteiger partial charge in [0.1, 0.15) is 0 Å². The highest BCUT2D eigenvalue weighted by Gasteiger charge is 2.16. The zero-order valence-electron chi connectivity index (χ0n) is 11.5. The normalized spacial score (nSPS) is 15.9. The van der Waals surface area contributed by atoms with Gasteiger partial charge in [-0.25, -0.2) is 0 Å². The van der Waals surface area contributed by atoms with Crippen LogP contribution in [-0.2, 0) is 0 Å². The maximum atomic E-state index is 12.4. The monoisotopic (exact) mass is 269 g/mol. The Kier molecular flexibility index (Phi) is 3.83. The Morgan fingerprint density at radius 1 is 1.00 bits per heavy atom. The van der Waals surface area contributed by atoms with Gasteiger partial charge in [0, 0.05) is 43.3 Å². The van der Waals surface area contributed by atoms with Gasteiger partial charge in [0.25, 0.3) is 5.91 Å². The molecule has 1 aromatic heterocycles. The fourth-order valence-electron chi connectivity index (χ4n) is 2.51. The van der Waals surface area contributed by atoms with E-state index in [2.05, 4.69) is 5.32 Å². The van der Waals surface area contributed by atoms with Crippen molar-refractivity contribution in [1.29, 1.82) is 0 Å². The van der Waals surface area contributed by atoms with Crippen LogP contribution in [0.25, 0.3) is 5.69 Å². The van der Waals surface area contributed by atoms with Gasteiger partial charge in [-0.2, -0.15) is 0 Å². The molecule has 0 spiro atoms. The Hall–Kier alpha value is -2.07. The first-order valence-electron chi connectivity index (χ1n) is 7.08. The summed E-state index contributed by atoms with van der Waals surface area (Å²) in [5.41, 5.74) is 1.84. The van der Waals surface area contributed by atoms with E-state index in [4.69, 9.17) is 0 Å². The van der Waals surface area contributed by atoms with Gasteiger partial charge in [-0.15, -0.1) is 0 Å². The second-order valence-corrected chi connectivity index (χ2v) is 5.03. The number of hydrogen-bond donors (Lipinski definition) is 1. The molecule has 0 aliphatic carbocycles. The lowest BCUT2D eigenvalue weighted by molar-refractivity contribution is 0.0766. The minimum Gasteiger partial charge on any atom is -0.337 e. The molecule has 2 aromatic rings. The van der Waals surface area contributed by atoms with Crippen LogP contribution in [0.5, 0.6) is 0 Å². The zero-order valence-corrected chi connectivity index (χ0v) is 11.5. The molecule has 1 aliphatic rings. The van der Waals surface area contributed by atoms with Crippen LogP contribution in [0, 0.1) is 0 Å². The van der Waals surface area contributed by atoms with E-state index in [0.717, 1.165) is 43.9 Å². The molecule has 0 atom stereocenters. The van der Waals surface area contributed by atoms with Crippen molar-refractivity contribution in [2.24, 2.45) is 0 Å². The highest BCUT2D eigenvalue weighted by atomic mass is 16.2. The summed E-state index contributed by atoms with van der Waals surface area (Å²) in [6.45, 7) is 3.51. The molecule has 2 heterocycles. The van der Waals surface area contributed by atoms with Crippen molar-refractivity contribution in [3.63, 3.8) is 0 Å². The standard InChI is InChI=1S/C16H19N3O/c20-16(19-12-3-8-17-9-13-19)14-4-6-15(7-5-14)18-10-1-2-11-18/h1-2,4-7,10-11,17H,3,8-9,12-13H2. The molecule has 1 N–H and O–H groups in total. The molecule has 20 heavy (non-hydrogen) atoms. The van der Waals surface area contributed by atoms with Crippen molar-refractivity contribution < 1.29 is 4.79 Å². The van der Waals surface area contributed by atoms with Crippen LogP contribution >= 0.6 is 0 Å². The van der Waals surface area contributed by atoms with Gasteiger partial charge < -0.3 is 14.8 Å². The van der Waals surface area contributed by atoms with E-state index in [0.29, 0.717) is 0 Å². The number of hydrogen-bond acceptors (Lipinski definition) is 2. The third-order valence-corrected chi connectivity index (χ3v) is 3.64. The van der Waals surface area contributed by atoms with E-state index in [1.165, 1.54) is 0 Å². The Morgan fingerprint density at radius 2 is 1.75 bits per heavy atom. The molecular weight excluding hydrogens is 250 g/mol. The number of aromatic nitrogens is 1. The highest BCUT2D eigenvalue weighted by molar-refractivity contribution is 5.94. The van der Waals surface area contributed by atoms with Crippen LogP contribution < -0.4 is 5.32 Å². The van der Waals surface area contributed by atoms with Crippen molar-refractivity contribution in [1.82, 2.24) is 14.8 Å². The number of carbonyl (C=O) groups excluding carboxylic acids is 1. The second kappa shape index (κ2) is 5.92. The quantitative estimate of drug-likeness (QED) is 0.904. The van der Waals surface area contributed by atoms with Crippen LogP contribution in [-0.4, -0.2) is 41.6 Å². The predicted octanol–water partition coefficient (Wildman–Crippen LogP) is 1.91. The molecule has 0 radical (unpaired) electrons. The van der Waals surface area contributed by atoms with Crippen LogP contribution in [0.4, 0.5) is 0 Å². The number of carbonyl (C=O) groups is 1. The number of benzene rings is 1. The van der Waals surface area contributed by atoms with E-state index in [1.807, 2.05) is 58.3 Å². The molecule has 0 saturated carbocycles. The molecule has 4 nitrogen and oxygen atoms in total. The van der Waals surface area contributed by atoms with E-state index in [1.54, 1.807) is 0 Å². The molecule has 1 aromatic carbocycles. The number of rotatable bonds is 2. The van der Waals surface area contributed by atoms with Crippen molar-refractivity contribution in [2.45, 2.75) is 6.42 Å². The van der Waals surface area contributed by atoms with Gasteiger partial charge in [0.2, 0.25) is 0 Å². The number of nitrogens with zero attached hydrogens (tertiary/aromatic N) is 2. The van der Waals surface area contributed by atoms with Gasteiger partial charge in [0.15, 0.2) is 0 Å². The third-order valence-electron chi connectivity index (χ3n) is 3.64. The zero-order chi connectivity index (χ0) is 13.8. The Labute approximate surface area is 119 Å². The van der Waals surface area contributed by atoms with Crippen molar-refractivity contribution >= 4 is 5.91 Å².